The third-order valence-electron chi connectivity index (χ3n) is 4.70. The van der Waals surface area contributed by atoms with Crippen molar-refractivity contribution in [3.05, 3.63) is 78.8 Å². The van der Waals surface area contributed by atoms with E-state index >= 15 is 0 Å². The largest absolute Gasteiger partial charge is 0.468 e. The second-order valence-corrected chi connectivity index (χ2v) is 7.10. The SMILES string of the molecule is S=C(Nc1ccc(Oc2ccccc2)cc1)N1CCN(Cc2ccco2)CC1. The summed E-state index contributed by atoms with van der Waals surface area (Å²) in [6.45, 7) is 4.59. The lowest BCUT2D eigenvalue weighted by Gasteiger charge is -2.35. The van der Waals surface area contributed by atoms with Crippen LogP contribution in [-0.2, 0) is 6.54 Å². The van der Waals surface area contributed by atoms with Crippen LogP contribution in [0, 0.1) is 0 Å². The molecule has 0 spiro atoms. The van der Waals surface area contributed by atoms with Crippen LogP contribution < -0.4 is 10.1 Å². The fourth-order valence-corrected chi connectivity index (χ4v) is 3.47. The van der Waals surface area contributed by atoms with E-state index in [-0.39, 0.29) is 0 Å². The Balaban J connectivity index is 1.26. The van der Waals surface area contributed by atoms with Crippen LogP contribution in [0.5, 0.6) is 11.5 Å². The number of benzene rings is 2. The van der Waals surface area contributed by atoms with Crippen molar-refractivity contribution >= 4 is 23.0 Å². The van der Waals surface area contributed by atoms with Crippen molar-refractivity contribution in [2.75, 3.05) is 31.5 Å². The number of rotatable bonds is 5. The van der Waals surface area contributed by atoms with Gasteiger partial charge in [0.25, 0.3) is 0 Å². The lowest BCUT2D eigenvalue weighted by molar-refractivity contribution is 0.166. The first-order chi connectivity index (χ1) is 13.8. The van der Waals surface area contributed by atoms with Crippen LogP contribution in [-0.4, -0.2) is 41.1 Å². The van der Waals surface area contributed by atoms with Gasteiger partial charge in [0.1, 0.15) is 17.3 Å². The van der Waals surface area contributed by atoms with Crippen LogP contribution in [0.2, 0.25) is 0 Å². The van der Waals surface area contributed by atoms with Gasteiger partial charge in [-0.2, -0.15) is 0 Å². The molecule has 0 aliphatic carbocycles. The van der Waals surface area contributed by atoms with Gasteiger partial charge in [0.2, 0.25) is 0 Å². The first-order valence-electron chi connectivity index (χ1n) is 9.40. The minimum absolute atomic E-state index is 0.759. The van der Waals surface area contributed by atoms with Crippen LogP contribution in [0.15, 0.2) is 77.4 Å². The van der Waals surface area contributed by atoms with E-state index in [0.717, 1.165) is 60.8 Å². The fourth-order valence-electron chi connectivity index (χ4n) is 3.17. The van der Waals surface area contributed by atoms with Crippen LogP contribution in [0.3, 0.4) is 0 Å². The average molecular weight is 394 g/mol. The molecule has 3 aromatic rings. The third-order valence-corrected chi connectivity index (χ3v) is 5.06. The quantitative estimate of drug-likeness (QED) is 0.640. The number of nitrogens with zero attached hydrogens (tertiary/aromatic N) is 2. The van der Waals surface area contributed by atoms with Gasteiger partial charge in [-0.3, -0.25) is 4.90 Å². The van der Waals surface area contributed by atoms with Crippen molar-refractivity contribution in [3.63, 3.8) is 0 Å². The Morgan fingerprint density at radius 3 is 2.29 bits per heavy atom. The van der Waals surface area contributed by atoms with Crippen molar-refractivity contribution in [3.8, 4) is 11.5 Å². The van der Waals surface area contributed by atoms with Gasteiger partial charge in [-0.15, -0.1) is 0 Å². The highest BCUT2D eigenvalue weighted by Crippen LogP contribution is 2.23. The molecule has 0 radical (unpaired) electrons. The first-order valence-corrected chi connectivity index (χ1v) is 9.81. The molecule has 0 bridgehead atoms. The number of hydrogen-bond donors (Lipinski definition) is 1. The summed E-state index contributed by atoms with van der Waals surface area (Å²) >= 11 is 5.59. The van der Waals surface area contributed by atoms with E-state index in [1.165, 1.54) is 0 Å². The lowest BCUT2D eigenvalue weighted by atomic mass is 10.3. The van der Waals surface area contributed by atoms with E-state index in [1.54, 1.807) is 6.26 Å². The molecule has 1 aliphatic heterocycles. The number of para-hydroxylation sites is 1. The van der Waals surface area contributed by atoms with Crippen LogP contribution in [0.4, 0.5) is 5.69 Å². The Kier molecular flexibility index (Phi) is 5.89. The molecular weight excluding hydrogens is 370 g/mol. The smallest absolute Gasteiger partial charge is 0.173 e. The molecular formula is C22H23N3O2S. The van der Waals surface area contributed by atoms with Gasteiger partial charge in [-0.1, -0.05) is 18.2 Å². The van der Waals surface area contributed by atoms with Gasteiger partial charge < -0.3 is 19.4 Å². The van der Waals surface area contributed by atoms with Crippen molar-refractivity contribution in [1.82, 2.24) is 9.80 Å². The minimum atomic E-state index is 0.759. The van der Waals surface area contributed by atoms with Gasteiger partial charge in [0, 0.05) is 31.9 Å². The fraction of sp³-hybridized carbons (Fsp3) is 0.227. The molecule has 1 fully saturated rings. The third kappa shape index (κ3) is 4.91. The summed E-state index contributed by atoms with van der Waals surface area (Å²) in [4.78, 5) is 4.59. The van der Waals surface area contributed by atoms with Crippen LogP contribution in [0.25, 0.3) is 0 Å². The van der Waals surface area contributed by atoms with Gasteiger partial charge >= 0.3 is 0 Å². The highest BCUT2D eigenvalue weighted by Gasteiger charge is 2.19. The molecule has 0 saturated carbocycles. The van der Waals surface area contributed by atoms with E-state index in [9.17, 15) is 0 Å². The number of nitrogens with one attached hydrogen (secondary N) is 1. The molecule has 4 rings (SSSR count). The maximum absolute atomic E-state index is 5.83. The molecule has 0 amide bonds. The van der Waals surface area contributed by atoms with Crippen molar-refractivity contribution < 1.29 is 9.15 Å². The molecule has 1 aromatic heterocycles. The molecule has 0 unspecified atom stereocenters. The number of anilines is 1. The molecule has 6 heteroatoms. The van der Waals surface area contributed by atoms with E-state index in [4.69, 9.17) is 21.4 Å². The summed E-state index contributed by atoms with van der Waals surface area (Å²) in [6.07, 6.45) is 1.72. The van der Waals surface area contributed by atoms with Gasteiger partial charge in [0.15, 0.2) is 5.11 Å². The summed E-state index contributed by atoms with van der Waals surface area (Å²) in [7, 11) is 0. The van der Waals surface area contributed by atoms with Gasteiger partial charge in [0.05, 0.1) is 12.8 Å². The van der Waals surface area contributed by atoms with E-state index in [2.05, 4.69) is 15.1 Å². The highest BCUT2D eigenvalue weighted by atomic mass is 32.1. The Bertz CT molecular complexity index is 874. The predicted octanol–water partition coefficient (Wildman–Crippen LogP) is 4.59. The minimum Gasteiger partial charge on any atom is -0.468 e. The summed E-state index contributed by atoms with van der Waals surface area (Å²) in [6, 6.07) is 21.6. The normalized spacial score (nSPS) is 14.6. The topological polar surface area (TPSA) is 40.9 Å². The number of piperazine rings is 1. The zero-order valence-electron chi connectivity index (χ0n) is 15.6. The van der Waals surface area contributed by atoms with Crippen molar-refractivity contribution in [2.24, 2.45) is 0 Å². The second kappa shape index (κ2) is 8.91. The molecule has 0 atom stereocenters. The molecule has 144 valence electrons. The molecule has 2 aromatic carbocycles. The first kappa shape index (κ1) is 18.5. The lowest BCUT2D eigenvalue weighted by Crippen LogP contribution is -2.49. The molecule has 1 saturated heterocycles. The number of hydrogen-bond acceptors (Lipinski definition) is 4. The Hall–Kier alpha value is -2.83. The van der Waals surface area contributed by atoms with Crippen LogP contribution >= 0.6 is 12.2 Å². The summed E-state index contributed by atoms with van der Waals surface area (Å²) in [5.74, 6) is 2.63. The number of thiocarbonyl (C=S) groups is 1. The Labute approximate surface area is 170 Å². The monoisotopic (exact) mass is 393 g/mol. The number of furan rings is 1. The second-order valence-electron chi connectivity index (χ2n) is 6.71. The highest BCUT2D eigenvalue weighted by molar-refractivity contribution is 7.80. The maximum Gasteiger partial charge on any atom is 0.173 e. The van der Waals surface area contributed by atoms with E-state index in [1.807, 2.05) is 66.7 Å². The van der Waals surface area contributed by atoms with Gasteiger partial charge in [-0.25, -0.2) is 0 Å². The Morgan fingerprint density at radius 1 is 0.893 bits per heavy atom. The molecule has 1 aliphatic rings. The Morgan fingerprint density at radius 2 is 1.61 bits per heavy atom. The summed E-state index contributed by atoms with van der Waals surface area (Å²) in [5, 5.41) is 4.09. The summed E-state index contributed by atoms with van der Waals surface area (Å²) in [5.41, 5.74) is 0.962. The maximum atomic E-state index is 5.83. The molecule has 2 heterocycles. The summed E-state index contributed by atoms with van der Waals surface area (Å²) < 4.78 is 11.3. The molecule has 28 heavy (non-hydrogen) atoms. The molecule has 1 N–H and O–H groups in total. The average Bonchev–Trinajstić information content (AvgIpc) is 3.24. The van der Waals surface area contributed by atoms with Crippen molar-refractivity contribution in [1.29, 1.82) is 0 Å². The standard InChI is InChI=1S/C22H23N3O2S/c28-22(25-14-12-24(13-15-25)17-21-7-4-16-26-21)23-18-8-10-20(11-9-18)27-19-5-2-1-3-6-19/h1-11,16H,12-15,17H2,(H,23,28). The predicted molar refractivity (Wildman–Crippen MR) is 115 cm³/mol. The van der Waals surface area contributed by atoms with E-state index in [0.29, 0.717) is 0 Å². The van der Waals surface area contributed by atoms with Gasteiger partial charge in [-0.05, 0) is 60.7 Å². The van der Waals surface area contributed by atoms with Crippen LogP contribution in [0.1, 0.15) is 5.76 Å². The van der Waals surface area contributed by atoms with E-state index < -0.39 is 0 Å². The van der Waals surface area contributed by atoms with Crippen molar-refractivity contribution in [2.45, 2.75) is 6.54 Å². The zero-order valence-corrected chi connectivity index (χ0v) is 16.4. The molecule has 5 nitrogen and oxygen atoms in total. The zero-order chi connectivity index (χ0) is 19.2. The number of ether oxygens (including phenoxy) is 1.